The first-order chi connectivity index (χ1) is 16.0. The van der Waals surface area contributed by atoms with Gasteiger partial charge in [0, 0.05) is 11.0 Å². The number of aryl methyl sites for hydroxylation is 1. The topological polar surface area (TPSA) is 57.2 Å². The van der Waals surface area contributed by atoms with E-state index in [1.807, 2.05) is 23.1 Å². The summed E-state index contributed by atoms with van der Waals surface area (Å²) < 4.78 is 61.7. The van der Waals surface area contributed by atoms with Crippen molar-refractivity contribution in [2.45, 2.75) is 35.5 Å². The summed E-state index contributed by atoms with van der Waals surface area (Å²) in [5, 5.41) is 0. The van der Waals surface area contributed by atoms with Crippen LogP contribution in [0.5, 0.6) is 0 Å². The van der Waals surface area contributed by atoms with Gasteiger partial charge in [0.15, 0.2) is 19.9 Å². The zero-order chi connectivity index (χ0) is 24.8. The van der Waals surface area contributed by atoms with Crippen LogP contribution in [0.1, 0.15) is 5.56 Å². The summed E-state index contributed by atoms with van der Waals surface area (Å²) in [4.78, 5) is 4.03. The van der Waals surface area contributed by atoms with Crippen LogP contribution in [0.3, 0.4) is 0 Å². The number of thiophene rings is 1. The van der Waals surface area contributed by atoms with Crippen molar-refractivity contribution in [3.05, 3.63) is 103 Å². The van der Waals surface area contributed by atoms with Gasteiger partial charge in [-0.25, -0.2) is 8.42 Å². The molecule has 0 amide bonds. The molecule has 0 saturated carbocycles. The van der Waals surface area contributed by atoms with E-state index in [-0.39, 0.29) is 10.9 Å². The molecule has 0 atom stereocenters. The predicted octanol–water partition coefficient (Wildman–Crippen LogP) is 7.35. The van der Waals surface area contributed by atoms with Crippen molar-refractivity contribution in [3.8, 4) is 0 Å². The molecule has 0 aliphatic heterocycles. The number of hydrogen-bond acceptors (Lipinski definition) is 5. The van der Waals surface area contributed by atoms with E-state index in [9.17, 15) is 13.2 Å². The molecule has 10 heteroatoms. The summed E-state index contributed by atoms with van der Waals surface area (Å²) in [5.74, 6) is 0. The first kappa shape index (κ1) is 26.4. The molecule has 0 aliphatic rings. The zero-order valence-corrected chi connectivity index (χ0v) is 21.0. The van der Waals surface area contributed by atoms with Crippen molar-refractivity contribution < 1.29 is 26.1 Å². The van der Waals surface area contributed by atoms with Gasteiger partial charge >= 0.3 is 5.51 Å². The quantitative estimate of drug-likeness (QED) is 0.151. The Labute approximate surface area is 207 Å². The lowest BCUT2D eigenvalue weighted by atomic mass is 10.2. The Morgan fingerprint density at radius 1 is 0.794 bits per heavy atom. The van der Waals surface area contributed by atoms with Crippen molar-refractivity contribution in [3.63, 3.8) is 0 Å². The van der Waals surface area contributed by atoms with Gasteiger partial charge in [0.1, 0.15) is 10.9 Å². The molecule has 0 unspecified atom stereocenters. The second-order valence-corrected chi connectivity index (χ2v) is 12.9. The van der Waals surface area contributed by atoms with Gasteiger partial charge in [-0.3, -0.25) is 0 Å². The van der Waals surface area contributed by atoms with E-state index in [0.29, 0.717) is 0 Å². The summed E-state index contributed by atoms with van der Waals surface area (Å²) >= 11 is 3.75. The molecule has 3 nitrogen and oxygen atoms in total. The average molecular weight is 541 g/mol. The summed E-state index contributed by atoms with van der Waals surface area (Å²) in [5.41, 5.74) is -4.34. The summed E-state index contributed by atoms with van der Waals surface area (Å²) in [6.07, 6.45) is 0. The summed E-state index contributed by atoms with van der Waals surface area (Å²) in [7, 11) is -6.14. The highest BCUT2D eigenvalue weighted by atomic mass is 32.2. The van der Waals surface area contributed by atoms with Crippen LogP contribution < -0.4 is 0 Å². The maximum atomic E-state index is 10.7. The fourth-order valence-electron chi connectivity index (χ4n) is 2.67. The largest absolute Gasteiger partial charge is 0.741 e. The molecule has 4 aromatic rings. The van der Waals surface area contributed by atoms with Crippen LogP contribution in [0.4, 0.5) is 13.2 Å². The Balaban J connectivity index is 0.000000350. The molecule has 34 heavy (non-hydrogen) atoms. The Morgan fingerprint density at radius 2 is 1.26 bits per heavy atom. The van der Waals surface area contributed by atoms with Crippen LogP contribution in [-0.2, 0) is 21.0 Å². The molecule has 1 aromatic heterocycles. The van der Waals surface area contributed by atoms with E-state index in [1.165, 1.54) is 28.7 Å². The van der Waals surface area contributed by atoms with Gasteiger partial charge in [-0.05, 0) is 49.4 Å². The van der Waals surface area contributed by atoms with Gasteiger partial charge in [0.25, 0.3) is 0 Å². The van der Waals surface area contributed by atoms with Gasteiger partial charge in [0.05, 0.1) is 4.21 Å². The third kappa shape index (κ3) is 7.38. The molecule has 0 bridgehead atoms. The van der Waals surface area contributed by atoms with Crippen LogP contribution in [0.2, 0.25) is 0 Å². The summed E-state index contributed by atoms with van der Waals surface area (Å²) in [6, 6.07) is 35.0. The van der Waals surface area contributed by atoms with Crippen molar-refractivity contribution >= 4 is 44.1 Å². The average Bonchev–Trinajstić information content (AvgIpc) is 3.24. The van der Waals surface area contributed by atoms with Crippen molar-refractivity contribution in [1.29, 1.82) is 0 Å². The number of alkyl halides is 3. The molecule has 0 fully saturated rings. The molecule has 0 N–H and O–H groups in total. The molecule has 3 aromatic carbocycles. The standard InChI is InChI=1S/C23H19S3.CHF3O3S/c1-18-12-14-19(15-13-18)24-22-16-17-23(25-22)26(20-8-4-2-5-9-20)21-10-6-3-7-11-21;2-1(3,4)8(5,6)7/h2-17H,1H3;(H,5,6,7)/q+1;/p-1. The Bertz CT molecular complexity index is 1250. The van der Waals surface area contributed by atoms with Gasteiger partial charge in [-0.1, -0.05) is 77.2 Å². The second kappa shape index (κ2) is 11.5. The van der Waals surface area contributed by atoms with Gasteiger partial charge in [-0.15, -0.1) is 0 Å². The van der Waals surface area contributed by atoms with E-state index < -0.39 is 15.6 Å². The van der Waals surface area contributed by atoms with Gasteiger partial charge in [-0.2, -0.15) is 13.2 Å². The summed E-state index contributed by atoms with van der Waals surface area (Å²) in [6.45, 7) is 2.13. The van der Waals surface area contributed by atoms with Crippen LogP contribution in [0.15, 0.2) is 120 Å². The Hall–Kier alpha value is -2.24. The molecule has 0 saturated heterocycles. The molecule has 0 spiro atoms. The smallest absolute Gasteiger partial charge is 0.485 e. The van der Waals surface area contributed by atoms with Crippen molar-refractivity contribution in [2.24, 2.45) is 0 Å². The highest BCUT2D eigenvalue weighted by Crippen LogP contribution is 2.40. The predicted molar refractivity (Wildman–Crippen MR) is 130 cm³/mol. The molecular formula is C24H19F3O3S4. The molecule has 1 heterocycles. The minimum absolute atomic E-state index is 0.0503. The minimum Gasteiger partial charge on any atom is -0.741 e. The molecular weight excluding hydrogens is 522 g/mol. The molecule has 0 aliphatic carbocycles. The highest BCUT2D eigenvalue weighted by molar-refractivity contribution is 8.02. The maximum Gasteiger partial charge on any atom is 0.485 e. The van der Waals surface area contributed by atoms with E-state index in [4.69, 9.17) is 13.0 Å². The molecule has 178 valence electrons. The first-order valence-corrected chi connectivity index (χ1v) is 14.0. The lowest BCUT2D eigenvalue weighted by Gasteiger charge is -2.08. The minimum atomic E-state index is -6.09. The van der Waals surface area contributed by atoms with Crippen LogP contribution >= 0.6 is 23.1 Å². The van der Waals surface area contributed by atoms with E-state index in [0.717, 1.165) is 0 Å². The van der Waals surface area contributed by atoms with Gasteiger partial charge < -0.3 is 4.55 Å². The number of halogens is 3. The fraction of sp³-hybridized carbons (Fsp3) is 0.0833. The third-order valence-electron chi connectivity index (χ3n) is 4.24. The lowest BCUT2D eigenvalue weighted by Crippen LogP contribution is -2.21. The maximum absolute atomic E-state index is 10.7. The Kier molecular flexibility index (Phi) is 8.89. The van der Waals surface area contributed by atoms with Gasteiger partial charge in [0.2, 0.25) is 4.21 Å². The zero-order valence-electron chi connectivity index (χ0n) is 17.7. The van der Waals surface area contributed by atoms with E-state index in [2.05, 4.69) is 104 Å². The third-order valence-corrected chi connectivity index (χ3v) is 9.60. The van der Waals surface area contributed by atoms with Crippen molar-refractivity contribution in [2.75, 3.05) is 0 Å². The molecule has 0 radical (unpaired) electrons. The van der Waals surface area contributed by atoms with E-state index >= 15 is 0 Å². The van der Waals surface area contributed by atoms with E-state index in [1.54, 1.807) is 0 Å². The van der Waals surface area contributed by atoms with Crippen LogP contribution in [0.25, 0.3) is 0 Å². The SMILES string of the molecule is Cc1ccc(Sc2ccc([S+](c3ccccc3)c3ccccc3)s2)cc1.O=S(=O)([O-])C(F)(F)F. The number of hydrogen-bond donors (Lipinski definition) is 0. The van der Waals surface area contributed by atoms with Crippen LogP contribution in [0, 0.1) is 6.92 Å². The lowest BCUT2D eigenvalue weighted by molar-refractivity contribution is -0.0517. The van der Waals surface area contributed by atoms with Crippen molar-refractivity contribution in [1.82, 2.24) is 0 Å². The first-order valence-electron chi connectivity index (χ1n) is 9.75. The monoisotopic (exact) mass is 540 g/mol. The fourth-order valence-corrected chi connectivity index (χ4v) is 7.65. The molecule has 4 rings (SSSR count). The highest BCUT2D eigenvalue weighted by Gasteiger charge is 2.37. The Morgan fingerprint density at radius 3 is 1.71 bits per heavy atom. The second-order valence-electron chi connectivity index (χ2n) is 6.82. The number of rotatable bonds is 5. The number of benzene rings is 3. The van der Waals surface area contributed by atoms with Crippen LogP contribution in [-0.4, -0.2) is 18.5 Å². The normalized spacial score (nSPS) is 11.7.